The van der Waals surface area contributed by atoms with Crippen molar-refractivity contribution in [2.24, 2.45) is 0 Å². The Hall–Kier alpha value is -0.240. The largest absolute Gasteiger partial charge is 0.394 e. The van der Waals surface area contributed by atoms with Crippen LogP contribution in [0.2, 0.25) is 0 Å². The summed E-state index contributed by atoms with van der Waals surface area (Å²) in [7, 11) is 3.26. The number of nitrogens with one attached hydrogen (secondary N) is 2. The first-order chi connectivity index (χ1) is 7.65. The molecule has 5 unspecified atom stereocenters. The van der Waals surface area contributed by atoms with E-state index in [1.807, 2.05) is 13.8 Å². The molecule has 1 aliphatic rings. The molecule has 0 radical (unpaired) electrons. The van der Waals surface area contributed by atoms with Crippen LogP contribution in [0.3, 0.4) is 0 Å². The van der Waals surface area contributed by atoms with Gasteiger partial charge in [-0.3, -0.25) is 5.32 Å². The number of hydrogen-bond acceptors (Lipinski definition) is 6. The molecule has 1 fully saturated rings. The third kappa shape index (κ3) is 3.38. The number of aliphatic hydroxyl groups excluding tert-OH is 3. The molecule has 0 aromatic heterocycles. The summed E-state index contributed by atoms with van der Waals surface area (Å²) in [6.45, 7) is 3.80. The van der Waals surface area contributed by atoms with E-state index in [2.05, 4.69) is 10.6 Å². The minimum atomic E-state index is -1.000. The van der Waals surface area contributed by atoms with Crippen LogP contribution < -0.4 is 10.6 Å². The zero-order chi connectivity index (χ0) is 12.7. The topological polar surface area (TPSA) is 94.0 Å². The summed E-state index contributed by atoms with van der Waals surface area (Å²) in [4.78, 5) is 0. The second-order valence-corrected chi connectivity index (χ2v) is 3.36. The summed E-state index contributed by atoms with van der Waals surface area (Å²) in [5.74, 6) is 0. The van der Waals surface area contributed by atoms with E-state index < -0.39 is 30.6 Å². The first kappa shape index (κ1) is 15.8. The lowest BCUT2D eigenvalue weighted by atomic mass is 9.96. The summed E-state index contributed by atoms with van der Waals surface area (Å²) in [5.41, 5.74) is 0. The van der Waals surface area contributed by atoms with Gasteiger partial charge in [-0.05, 0) is 14.1 Å². The van der Waals surface area contributed by atoms with Crippen LogP contribution in [0.15, 0.2) is 0 Å². The Morgan fingerprint density at radius 1 is 1.06 bits per heavy atom. The zero-order valence-corrected chi connectivity index (χ0v) is 10.3. The fourth-order valence-corrected chi connectivity index (χ4v) is 1.72. The second kappa shape index (κ2) is 7.94. The fourth-order valence-electron chi connectivity index (χ4n) is 1.72. The van der Waals surface area contributed by atoms with E-state index in [0.29, 0.717) is 0 Å². The lowest BCUT2D eigenvalue weighted by Crippen LogP contribution is -2.65. The predicted octanol–water partition coefficient (Wildman–Crippen LogP) is -1.74. The first-order valence-electron chi connectivity index (χ1n) is 5.62. The smallest absolute Gasteiger partial charge is 0.137 e. The van der Waals surface area contributed by atoms with Gasteiger partial charge in [-0.25, -0.2) is 0 Å². The molecule has 6 nitrogen and oxygen atoms in total. The molecule has 0 aromatic carbocycles. The van der Waals surface area contributed by atoms with Crippen LogP contribution in [-0.2, 0) is 4.74 Å². The molecule has 0 spiro atoms. The van der Waals surface area contributed by atoms with Gasteiger partial charge in [-0.15, -0.1) is 0 Å². The molecule has 0 bridgehead atoms. The lowest BCUT2D eigenvalue weighted by molar-refractivity contribution is -0.199. The van der Waals surface area contributed by atoms with Gasteiger partial charge in [0, 0.05) is 0 Å². The Balaban J connectivity index is 0.00000106. The number of likely N-dealkylation sites (N-methyl/N-ethyl adjacent to an activating group) is 2. The maximum atomic E-state index is 9.70. The molecule has 98 valence electrons. The van der Waals surface area contributed by atoms with Crippen LogP contribution in [0, 0.1) is 0 Å². The second-order valence-electron chi connectivity index (χ2n) is 3.36. The average Bonchev–Trinajstić information content (AvgIpc) is 2.34. The minimum absolute atomic E-state index is 0.201. The maximum absolute atomic E-state index is 9.70. The Kier molecular flexibility index (Phi) is 7.82. The number of hydrogen-bond donors (Lipinski definition) is 5. The van der Waals surface area contributed by atoms with Crippen LogP contribution in [0.5, 0.6) is 0 Å². The Bertz CT molecular complexity index is 180. The molecule has 5 N–H and O–H groups in total. The summed E-state index contributed by atoms with van der Waals surface area (Å²) >= 11 is 0. The van der Waals surface area contributed by atoms with Crippen molar-refractivity contribution >= 4 is 0 Å². The number of rotatable bonds is 3. The van der Waals surface area contributed by atoms with Crippen molar-refractivity contribution < 1.29 is 20.1 Å². The molecule has 0 aliphatic carbocycles. The molecule has 16 heavy (non-hydrogen) atoms. The molecule has 6 heteroatoms. The van der Waals surface area contributed by atoms with E-state index >= 15 is 0 Å². The molecular formula is C10H24N2O4. The summed E-state index contributed by atoms with van der Waals surface area (Å²) in [6, 6.07) is -0.459. The predicted molar refractivity (Wildman–Crippen MR) is 61.0 cm³/mol. The van der Waals surface area contributed by atoms with Gasteiger partial charge in [0.2, 0.25) is 0 Å². The molecule has 1 aliphatic heterocycles. The van der Waals surface area contributed by atoms with E-state index in [4.69, 9.17) is 9.84 Å². The highest BCUT2D eigenvalue weighted by Gasteiger charge is 2.42. The van der Waals surface area contributed by atoms with E-state index in [9.17, 15) is 10.2 Å². The SMILES string of the molecule is CC.CNC1OC(CO)C(NC)C(O)C1O. The van der Waals surface area contributed by atoms with Gasteiger partial charge < -0.3 is 25.4 Å². The molecule has 0 saturated carbocycles. The van der Waals surface area contributed by atoms with Crippen molar-refractivity contribution in [3.63, 3.8) is 0 Å². The molecule has 1 heterocycles. The van der Waals surface area contributed by atoms with Gasteiger partial charge in [0.05, 0.1) is 12.6 Å². The number of aliphatic hydroxyl groups is 3. The Morgan fingerprint density at radius 2 is 1.62 bits per heavy atom. The average molecular weight is 236 g/mol. The van der Waals surface area contributed by atoms with Crippen molar-refractivity contribution in [3.8, 4) is 0 Å². The molecule has 5 atom stereocenters. The fraction of sp³-hybridized carbons (Fsp3) is 1.00. The van der Waals surface area contributed by atoms with Crippen molar-refractivity contribution in [1.29, 1.82) is 0 Å². The lowest BCUT2D eigenvalue weighted by Gasteiger charge is -2.42. The summed E-state index contributed by atoms with van der Waals surface area (Å²) in [6.07, 6.45) is -3.12. The number of ether oxygens (including phenoxy) is 1. The van der Waals surface area contributed by atoms with Crippen molar-refractivity contribution in [3.05, 3.63) is 0 Å². The van der Waals surface area contributed by atoms with Crippen molar-refractivity contribution in [1.82, 2.24) is 10.6 Å². The first-order valence-corrected chi connectivity index (χ1v) is 5.62. The molecule has 0 amide bonds. The van der Waals surface area contributed by atoms with Gasteiger partial charge in [-0.2, -0.15) is 0 Å². The van der Waals surface area contributed by atoms with E-state index in [1.165, 1.54) is 0 Å². The molecule has 1 rings (SSSR count). The monoisotopic (exact) mass is 236 g/mol. The van der Waals surface area contributed by atoms with Gasteiger partial charge in [-0.1, -0.05) is 13.8 Å². The van der Waals surface area contributed by atoms with Gasteiger partial charge in [0.25, 0.3) is 0 Å². The van der Waals surface area contributed by atoms with Crippen LogP contribution >= 0.6 is 0 Å². The van der Waals surface area contributed by atoms with Crippen LogP contribution in [-0.4, -0.2) is 66.6 Å². The highest BCUT2D eigenvalue weighted by Crippen LogP contribution is 2.19. The third-order valence-corrected chi connectivity index (χ3v) is 2.55. The van der Waals surface area contributed by atoms with Gasteiger partial charge in [0.15, 0.2) is 0 Å². The van der Waals surface area contributed by atoms with Crippen LogP contribution in [0.4, 0.5) is 0 Å². The van der Waals surface area contributed by atoms with Crippen molar-refractivity contribution in [2.45, 2.75) is 44.4 Å². The Morgan fingerprint density at radius 3 is 2.00 bits per heavy atom. The highest BCUT2D eigenvalue weighted by molar-refractivity contribution is 4.94. The molecular weight excluding hydrogens is 212 g/mol. The highest BCUT2D eigenvalue weighted by atomic mass is 16.5. The third-order valence-electron chi connectivity index (χ3n) is 2.55. The van der Waals surface area contributed by atoms with E-state index in [1.54, 1.807) is 14.1 Å². The minimum Gasteiger partial charge on any atom is -0.394 e. The normalized spacial score (nSPS) is 38.8. The van der Waals surface area contributed by atoms with Crippen molar-refractivity contribution in [2.75, 3.05) is 20.7 Å². The van der Waals surface area contributed by atoms with Gasteiger partial charge >= 0.3 is 0 Å². The van der Waals surface area contributed by atoms with E-state index in [0.717, 1.165) is 0 Å². The zero-order valence-electron chi connectivity index (χ0n) is 10.3. The van der Waals surface area contributed by atoms with Gasteiger partial charge in [0.1, 0.15) is 24.5 Å². The van der Waals surface area contributed by atoms with Crippen LogP contribution in [0.25, 0.3) is 0 Å². The maximum Gasteiger partial charge on any atom is 0.137 e. The molecule has 0 aromatic rings. The quantitative estimate of drug-likeness (QED) is 0.399. The summed E-state index contributed by atoms with van der Waals surface area (Å²) in [5, 5.41) is 33.8. The molecule has 1 saturated heterocycles. The summed E-state index contributed by atoms with van der Waals surface area (Å²) < 4.78 is 5.34. The standard InChI is InChI=1S/C8H18N2O4.C2H6/c1-9-5-4(3-11)14-8(10-2)7(13)6(5)12;1-2/h4-13H,3H2,1-2H3;1-2H3. The van der Waals surface area contributed by atoms with E-state index in [-0.39, 0.29) is 6.61 Å². The Labute approximate surface area is 96.6 Å². The van der Waals surface area contributed by atoms with Crippen LogP contribution in [0.1, 0.15) is 13.8 Å².